The highest BCUT2D eigenvalue weighted by molar-refractivity contribution is 7.10. The fourth-order valence-electron chi connectivity index (χ4n) is 3.52. The normalized spacial score (nSPS) is 22.9. The lowest BCUT2D eigenvalue weighted by Crippen LogP contribution is -2.41. The molecule has 1 saturated heterocycles. The lowest BCUT2D eigenvalue weighted by molar-refractivity contribution is -0.127. The SMILES string of the molecule is O=C(NC1CC1)[C@H](c1ccccc1)N1CCC[C@H]1c1cccs1. The Hall–Kier alpha value is -1.65. The molecule has 2 fully saturated rings. The topological polar surface area (TPSA) is 32.3 Å². The third-order valence-electron chi connectivity index (χ3n) is 4.78. The van der Waals surface area contributed by atoms with Gasteiger partial charge in [-0.1, -0.05) is 36.4 Å². The van der Waals surface area contributed by atoms with Gasteiger partial charge in [-0.2, -0.15) is 0 Å². The van der Waals surface area contributed by atoms with Gasteiger partial charge < -0.3 is 5.32 Å². The first-order valence-corrected chi connectivity index (χ1v) is 9.35. The number of carbonyl (C=O) groups is 1. The molecule has 4 heteroatoms. The van der Waals surface area contributed by atoms with Crippen molar-refractivity contribution in [1.29, 1.82) is 0 Å². The molecule has 2 aromatic rings. The molecule has 23 heavy (non-hydrogen) atoms. The van der Waals surface area contributed by atoms with E-state index in [1.54, 1.807) is 11.3 Å². The van der Waals surface area contributed by atoms with Crippen LogP contribution in [0.1, 0.15) is 48.2 Å². The molecule has 1 aliphatic heterocycles. The third kappa shape index (κ3) is 3.19. The molecule has 2 atom stereocenters. The van der Waals surface area contributed by atoms with Gasteiger partial charge in [-0.25, -0.2) is 0 Å². The molecule has 3 nitrogen and oxygen atoms in total. The molecule has 1 aromatic carbocycles. The second-order valence-electron chi connectivity index (χ2n) is 6.51. The van der Waals surface area contributed by atoms with E-state index in [1.807, 2.05) is 18.2 Å². The van der Waals surface area contributed by atoms with Gasteiger partial charge in [0.1, 0.15) is 6.04 Å². The van der Waals surface area contributed by atoms with Crippen LogP contribution in [0.5, 0.6) is 0 Å². The van der Waals surface area contributed by atoms with E-state index >= 15 is 0 Å². The van der Waals surface area contributed by atoms with Gasteiger partial charge in [-0.05, 0) is 49.2 Å². The molecule has 1 aliphatic carbocycles. The number of nitrogens with zero attached hydrogens (tertiary/aromatic N) is 1. The van der Waals surface area contributed by atoms with Crippen molar-refractivity contribution in [3.63, 3.8) is 0 Å². The van der Waals surface area contributed by atoms with Gasteiger partial charge in [0.25, 0.3) is 0 Å². The van der Waals surface area contributed by atoms with Crippen LogP contribution in [0.25, 0.3) is 0 Å². The highest BCUT2D eigenvalue weighted by Gasteiger charge is 2.38. The van der Waals surface area contributed by atoms with Crippen molar-refractivity contribution in [3.8, 4) is 0 Å². The molecule has 2 heterocycles. The number of carbonyl (C=O) groups excluding carboxylic acids is 1. The maximum Gasteiger partial charge on any atom is 0.242 e. The number of hydrogen-bond donors (Lipinski definition) is 1. The summed E-state index contributed by atoms with van der Waals surface area (Å²) in [5, 5.41) is 5.35. The highest BCUT2D eigenvalue weighted by Crippen LogP contribution is 2.40. The van der Waals surface area contributed by atoms with E-state index < -0.39 is 0 Å². The highest BCUT2D eigenvalue weighted by atomic mass is 32.1. The molecule has 1 N–H and O–H groups in total. The maximum absolute atomic E-state index is 12.9. The van der Waals surface area contributed by atoms with E-state index in [4.69, 9.17) is 0 Å². The fourth-order valence-corrected chi connectivity index (χ4v) is 4.40. The Balaban J connectivity index is 1.64. The number of thiophene rings is 1. The zero-order chi connectivity index (χ0) is 15.6. The minimum atomic E-state index is -0.175. The number of benzene rings is 1. The van der Waals surface area contributed by atoms with E-state index in [9.17, 15) is 4.79 Å². The average Bonchev–Trinajstić information content (AvgIpc) is 3.04. The minimum Gasteiger partial charge on any atom is -0.352 e. The first-order valence-electron chi connectivity index (χ1n) is 8.47. The molecule has 0 radical (unpaired) electrons. The van der Waals surface area contributed by atoms with E-state index in [0.29, 0.717) is 12.1 Å². The zero-order valence-corrected chi connectivity index (χ0v) is 14.0. The van der Waals surface area contributed by atoms with Crippen molar-refractivity contribution < 1.29 is 4.79 Å². The molecule has 2 aliphatic rings. The number of likely N-dealkylation sites (tertiary alicyclic amines) is 1. The quantitative estimate of drug-likeness (QED) is 0.903. The summed E-state index contributed by atoms with van der Waals surface area (Å²) in [6, 6.07) is 15.1. The first kappa shape index (κ1) is 14.9. The van der Waals surface area contributed by atoms with Crippen LogP contribution in [0.15, 0.2) is 47.8 Å². The van der Waals surface area contributed by atoms with Crippen molar-refractivity contribution in [3.05, 3.63) is 58.3 Å². The van der Waals surface area contributed by atoms with Gasteiger partial charge in [0.2, 0.25) is 5.91 Å². The second-order valence-corrected chi connectivity index (χ2v) is 7.49. The van der Waals surface area contributed by atoms with Crippen LogP contribution in [0, 0.1) is 0 Å². The fraction of sp³-hybridized carbons (Fsp3) is 0.421. The Morgan fingerprint density at radius 2 is 1.96 bits per heavy atom. The first-order chi connectivity index (χ1) is 11.3. The Morgan fingerprint density at radius 1 is 1.13 bits per heavy atom. The van der Waals surface area contributed by atoms with Gasteiger partial charge in [0, 0.05) is 17.0 Å². The summed E-state index contributed by atoms with van der Waals surface area (Å²) in [5.41, 5.74) is 1.11. The van der Waals surface area contributed by atoms with Gasteiger partial charge in [-0.3, -0.25) is 9.69 Å². The van der Waals surface area contributed by atoms with Crippen molar-refractivity contribution in [2.75, 3.05) is 6.54 Å². The Kier molecular flexibility index (Phi) is 4.19. The third-order valence-corrected chi connectivity index (χ3v) is 5.76. The predicted molar refractivity (Wildman–Crippen MR) is 93.3 cm³/mol. The van der Waals surface area contributed by atoms with Crippen LogP contribution in [-0.2, 0) is 4.79 Å². The average molecular weight is 326 g/mol. The van der Waals surface area contributed by atoms with Crippen LogP contribution in [0.2, 0.25) is 0 Å². The standard InChI is InChI=1S/C19H22N2OS/c22-19(20-15-10-11-15)18(14-6-2-1-3-7-14)21-12-4-8-16(21)17-9-5-13-23-17/h1-3,5-7,9,13,15-16,18H,4,8,10-12H2,(H,20,22)/t16-,18-/m0/s1. The van der Waals surface area contributed by atoms with Crippen LogP contribution in [-0.4, -0.2) is 23.4 Å². The molecule has 0 spiro atoms. The number of hydrogen-bond acceptors (Lipinski definition) is 3. The Labute approximate surface area is 141 Å². The van der Waals surface area contributed by atoms with E-state index in [0.717, 1.165) is 37.8 Å². The predicted octanol–water partition coefficient (Wildman–Crippen LogP) is 3.90. The molecule has 120 valence electrons. The summed E-state index contributed by atoms with van der Waals surface area (Å²) in [6.45, 7) is 0.986. The zero-order valence-electron chi connectivity index (χ0n) is 13.2. The molecular weight excluding hydrogens is 304 g/mol. The van der Waals surface area contributed by atoms with Gasteiger partial charge in [0.05, 0.1) is 0 Å². The lowest BCUT2D eigenvalue weighted by atomic mass is 10.0. The van der Waals surface area contributed by atoms with Crippen molar-refractivity contribution in [2.24, 2.45) is 0 Å². The molecule has 1 aromatic heterocycles. The summed E-state index contributed by atoms with van der Waals surface area (Å²) in [5.74, 6) is 0.169. The van der Waals surface area contributed by atoms with Gasteiger partial charge >= 0.3 is 0 Å². The summed E-state index contributed by atoms with van der Waals surface area (Å²) >= 11 is 1.80. The molecule has 0 unspecified atom stereocenters. The van der Waals surface area contributed by atoms with Crippen LogP contribution >= 0.6 is 11.3 Å². The molecule has 4 rings (SSSR count). The number of rotatable bonds is 5. The molecular formula is C19H22N2OS. The summed E-state index contributed by atoms with van der Waals surface area (Å²) in [7, 11) is 0. The van der Waals surface area contributed by atoms with Crippen molar-refractivity contribution in [2.45, 2.75) is 43.8 Å². The monoisotopic (exact) mass is 326 g/mol. The van der Waals surface area contributed by atoms with E-state index in [1.165, 1.54) is 4.88 Å². The van der Waals surface area contributed by atoms with Gasteiger partial charge in [-0.15, -0.1) is 11.3 Å². The second kappa shape index (κ2) is 6.46. The largest absolute Gasteiger partial charge is 0.352 e. The van der Waals surface area contributed by atoms with E-state index in [2.05, 4.69) is 39.9 Å². The number of amides is 1. The number of nitrogens with one attached hydrogen (secondary N) is 1. The lowest BCUT2D eigenvalue weighted by Gasteiger charge is -2.32. The summed E-state index contributed by atoms with van der Waals surface area (Å²) in [4.78, 5) is 16.7. The van der Waals surface area contributed by atoms with Crippen molar-refractivity contribution >= 4 is 17.2 Å². The van der Waals surface area contributed by atoms with Crippen LogP contribution in [0.4, 0.5) is 0 Å². The van der Waals surface area contributed by atoms with E-state index in [-0.39, 0.29) is 11.9 Å². The maximum atomic E-state index is 12.9. The summed E-state index contributed by atoms with van der Waals surface area (Å²) < 4.78 is 0. The molecule has 1 saturated carbocycles. The molecule has 0 bridgehead atoms. The summed E-state index contributed by atoms with van der Waals surface area (Å²) in [6.07, 6.45) is 4.55. The Morgan fingerprint density at radius 3 is 2.65 bits per heavy atom. The van der Waals surface area contributed by atoms with Crippen LogP contribution in [0.3, 0.4) is 0 Å². The minimum absolute atomic E-state index is 0.169. The van der Waals surface area contributed by atoms with Crippen molar-refractivity contribution in [1.82, 2.24) is 10.2 Å². The van der Waals surface area contributed by atoms with Crippen LogP contribution < -0.4 is 5.32 Å². The molecule has 1 amide bonds. The Bertz CT molecular complexity index is 651. The van der Waals surface area contributed by atoms with Gasteiger partial charge in [0.15, 0.2) is 0 Å². The smallest absolute Gasteiger partial charge is 0.242 e.